The first kappa shape index (κ1) is 14.3. The molecule has 0 spiro atoms. The van der Waals surface area contributed by atoms with Gasteiger partial charge in [0.05, 0.1) is 0 Å². The molecule has 0 radical (unpaired) electrons. The summed E-state index contributed by atoms with van der Waals surface area (Å²) in [6, 6.07) is 8.13. The molecule has 0 bridgehead atoms. The van der Waals surface area contributed by atoms with E-state index in [0.29, 0.717) is 6.42 Å². The van der Waals surface area contributed by atoms with Gasteiger partial charge in [-0.15, -0.1) is 0 Å². The van der Waals surface area contributed by atoms with Crippen LogP contribution in [0.4, 0.5) is 0 Å². The predicted octanol–water partition coefficient (Wildman–Crippen LogP) is 3.65. The summed E-state index contributed by atoms with van der Waals surface area (Å²) in [6.07, 6.45) is 3.22. The van der Waals surface area contributed by atoms with E-state index in [9.17, 15) is 4.79 Å². The van der Waals surface area contributed by atoms with Gasteiger partial charge in [-0.25, -0.2) is 0 Å². The summed E-state index contributed by atoms with van der Waals surface area (Å²) in [7, 11) is 0. The molecule has 2 heteroatoms. The zero-order chi connectivity index (χ0) is 13.9. The minimum absolute atomic E-state index is 0.150. The highest BCUT2D eigenvalue weighted by atomic mass is 16.1. The van der Waals surface area contributed by atoms with Gasteiger partial charge in [-0.1, -0.05) is 45.0 Å². The largest absolute Gasteiger partial charge is 0.303 e. The molecule has 0 saturated carbocycles. The SMILES string of the molecule is CC(C)(C)c1ccc(C(=O)CCN2CCCC2)cc1. The number of benzene rings is 1. The van der Waals surface area contributed by atoms with E-state index < -0.39 is 0 Å². The Morgan fingerprint density at radius 3 is 2.21 bits per heavy atom. The van der Waals surface area contributed by atoms with Gasteiger partial charge in [-0.05, 0) is 36.9 Å². The van der Waals surface area contributed by atoms with Gasteiger partial charge in [0, 0.05) is 18.5 Å². The number of nitrogens with zero attached hydrogens (tertiary/aromatic N) is 1. The van der Waals surface area contributed by atoms with Gasteiger partial charge in [0.2, 0.25) is 0 Å². The van der Waals surface area contributed by atoms with Gasteiger partial charge in [0.15, 0.2) is 5.78 Å². The molecule has 1 aliphatic rings. The van der Waals surface area contributed by atoms with Gasteiger partial charge >= 0.3 is 0 Å². The molecule has 1 aromatic carbocycles. The summed E-state index contributed by atoms with van der Waals surface area (Å²) in [5, 5.41) is 0. The Hall–Kier alpha value is -1.15. The molecule has 104 valence electrons. The van der Waals surface area contributed by atoms with Crippen LogP contribution in [0.15, 0.2) is 24.3 Å². The Bertz CT molecular complexity index is 422. The van der Waals surface area contributed by atoms with Crippen LogP contribution in [-0.2, 0) is 5.41 Å². The van der Waals surface area contributed by atoms with Gasteiger partial charge in [0.1, 0.15) is 0 Å². The standard InChI is InChI=1S/C17H25NO/c1-17(2,3)15-8-6-14(7-9-15)16(19)10-13-18-11-4-5-12-18/h6-9H,4-5,10-13H2,1-3H3. The Morgan fingerprint density at radius 2 is 1.68 bits per heavy atom. The number of carbonyl (C=O) groups is 1. The molecule has 2 rings (SSSR count). The summed E-state index contributed by atoms with van der Waals surface area (Å²) < 4.78 is 0. The number of ketones is 1. The molecule has 19 heavy (non-hydrogen) atoms. The molecule has 0 amide bonds. The highest BCUT2D eigenvalue weighted by molar-refractivity contribution is 5.96. The Balaban J connectivity index is 1.92. The fraction of sp³-hybridized carbons (Fsp3) is 0.588. The van der Waals surface area contributed by atoms with Gasteiger partial charge < -0.3 is 4.90 Å². The second kappa shape index (κ2) is 5.87. The van der Waals surface area contributed by atoms with E-state index in [2.05, 4.69) is 37.8 Å². The highest BCUT2D eigenvalue weighted by Gasteiger charge is 2.16. The Labute approximate surface area is 116 Å². The number of hydrogen-bond donors (Lipinski definition) is 0. The fourth-order valence-corrected chi connectivity index (χ4v) is 2.57. The first-order chi connectivity index (χ1) is 8.97. The second-order valence-corrected chi connectivity index (χ2v) is 6.55. The maximum absolute atomic E-state index is 12.1. The molecular weight excluding hydrogens is 234 g/mol. The van der Waals surface area contributed by atoms with Crippen LogP contribution < -0.4 is 0 Å². The lowest BCUT2D eigenvalue weighted by Gasteiger charge is -2.19. The van der Waals surface area contributed by atoms with E-state index >= 15 is 0 Å². The maximum Gasteiger partial charge on any atom is 0.164 e. The third kappa shape index (κ3) is 3.90. The number of carbonyl (C=O) groups excluding carboxylic acids is 1. The van der Waals surface area contributed by atoms with Crippen molar-refractivity contribution in [2.75, 3.05) is 19.6 Å². The van der Waals surface area contributed by atoms with Crippen LogP contribution in [0.2, 0.25) is 0 Å². The van der Waals surface area contributed by atoms with Crippen LogP contribution >= 0.6 is 0 Å². The van der Waals surface area contributed by atoms with E-state index in [0.717, 1.165) is 25.2 Å². The summed E-state index contributed by atoms with van der Waals surface area (Å²) in [4.78, 5) is 14.5. The van der Waals surface area contributed by atoms with Crippen molar-refractivity contribution in [3.8, 4) is 0 Å². The molecule has 0 N–H and O–H groups in total. The Kier molecular flexibility index (Phi) is 4.41. The van der Waals surface area contributed by atoms with Gasteiger partial charge in [-0.3, -0.25) is 4.79 Å². The van der Waals surface area contributed by atoms with E-state index in [-0.39, 0.29) is 11.2 Å². The number of likely N-dealkylation sites (tertiary alicyclic amines) is 1. The lowest BCUT2D eigenvalue weighted by atomic mass is 9.86. The van der Waals surface area contributed by atoms with Crippen LogP contribution in [0.3, 0.4) is 0 Å². The van der Waals surface area contributed by atoms with Crippen molar-refractivity contribution in [3.05, 3.63) is 35.4 Å². The van der Waals surface area contributed by atoms with Crippen LogP contribution in [-0.4, -0.2) is 30.3 Å². The monoisotopic (exact) mass is 259 g/mol. The molecule has 0 aliphatic carbocycles. The van der Waals surface area contributed by atoms with Crippen LogP contribution in [0.1, 0.15) is 56.0 Å². The van der Waals surface area contributed by atoms with Crippen molar-refractivity contribution < 1.29 is 4.79 Å². The summed E-state index contributed by atoms with van der Waals surface area (Å²) in [5.41, 5.74) is 2.28. The van der Waals surface area contributed by atoms with Gasteiger partial charge in [-0.2, -0.15) is 0 Å². The Morgan fingerprint density at radius 1 is 1.11 bits per heavy atom. The highest BCUT2D eigenvalue weighted by Crippen LogP contribution is 2.22. The molecule has 1 saturated heterocycles. The first-order valence-corrected chi connectivity index (χ1v) is 7.33. The molecule has 0 aromatic heterocycles. The zero-order valence-corrected chi connectivity index (χ0v) is 12.4. The molecule has 1 fully saturated rings. The van der Waals surface area contributed by atoms with Crippen LogP contribution in [0.25, 0.3) is 0 Å². The van der Waals surface area contributed by atoms with E-state index in [1.54, 1.807) is 0 Å². The van der Waals surface area contributed by atoms with Crippen molar-refractivity contribution in [2.45, 2.75) is 45.4 Å². The third-order valence-corrected chi connectivity index (χ3v) is 3.93. The van der Waals surface area contributed by atoms with Crippen LogP contribution in [0.5, 0.6) is 0 Å². The third-order valence-electron chi connectivity index (χ3n) is 3.93. The second-order valence-electron chi connectivity index (χ2n) is 6.55. The topological polar surface area (TPSA) is 20.3 Å². The van der Waals surface area contributed by atoms with E-state index in [4.69, 9.17) is 0 Å². The summed E-state index contributed by atoms with van der Waals surface area (Å²) in [6.45, 7) is 9.82. The average Bonchev–Trinajstić information content (AvgIpc) is 2.88. The lowest BCUT2D eigenvalue weighted by Crippen LogP contribution is -2.22. The summed E-state index contributed by atoms with van der Waals surface area (Å²) >= 11 is 0. The maximum atomic E-state index is 12.1. The molecular formula is C17H25NO. The van der Waals surface area contributed by atoms with Crippen LogP contribution in [0, 0.1) is 0 Å². The van der Waals surface area contributed by atoms with E-state index in [1.165, 1.54) is 18.4 Å². The fourth-order valence-electron chi connectivity index (χ4n) is 2.57. The normalized spacial score (nSPS) is 16.8. The zero-order valence-electron chi connectivity index (χ0n) is 12.4. The van der Waals surface area contributed by atoms with Crippen molar-refractivity contribution in [2.24, 2.45) is 0 Å². The smallest absolute Gasteiger partial charge is 0.164 e. The molecule has 1 aromatic rings. The number of hydrogen-bond acceptors (Lipinski definition) is 2. The average molecular weight is 259 g/mol. The molecule has 1 aliphatic heterocycles. The molecule has 1 heterocycles. The number of Topliss-reactive ketones (excluding diaryl/α,β-unsaturated/α-hetero) is 1. The van der Waals surface area contributed by atoms with Crippen molar-refractivity contribution in [3.63, 3.8) is 0 Å². The molecule has 0 unspecified atom stereocenters. The lowest BCUT2D eigenvalue weighted by molar-refractivity contribution is 0.0969. The summed E-state index contributed by atoms with van der Waals surface area (Å²) in [5.74, 6) is 0.271. The number of rotatable bonds is 4. The van der Waals surface area contributed by atoms with Crippen molar-refractivity contribution in [1.82, 2.24) is 4.90 Å². The molecule has 0 atom stereocenters. The van der Waals surface area contributed by atoms with Crippen molar-refractivity contribution >= 4 is 5.78 Å². The minimum Gasteiger partial charge on any atom is -0.303 e. The van der Waals surface area contributed by atoms with Gasteiger partial charge in [0.25, 0.3) is 0 Å². The minimum atomic E-state index is 0.150. The predicted molar refractivity (Wildman–Crippen MR) is 79.8 cm³/mol. The quantitative estimate of drug-likeness (QED) is 0.769. The van der Waals surface area contributed by atoms with E-state index in [1.807, 2.05) is 12.1 Å². The first-order valence-electron chi connectivity index (χ1n) is 7.33. The molecule has 2 nitrogen and oxygen atoms in total. The van der Waals surface area contributed by atoms with Crippen molar-refractivity contribution in [1.29, 1.82) is 0 Å².